The molecule has 1 atom stereocenters. The number of carbonyl (C=O) groups excluding carboxylic acids is 3. The van der Waals surface area contributed by atoms with Gasteiger partial charge in [-0.15, -0.1) is 11.8 Å². The molecule has 1 unspecified atom stereocenters. The first-order valence-corrected chi connectivity index (χ1v) is 12.8. The van der Waals surface area contributed by atoms with E-state index in [2.05, 4.69) is 0 Å². The summed E-state index contributed by atoms with van der Waals surface area (Å²) in [7, 11) is 0. The van der Waals surface area contributed by atoms with E-state index in [4.69, 9.17) is 19.6 Å². The SMILES string of the molecule is CSC1=C(C)C(N2CC(C(=O)N3CCC(OC(=O)OCc4ccccc4)CC3)OC2=O)=CCC1=N. The molecule has 2 amide bonds. The maximum atomic E-state index is 13.0. The second-order valence-corrected chi connectivity index (χ2v) is 9.40. The minimum absolute atomic E-state index is 0.137. The molecular formula is C25H29N3O6S. The number of nitrogens with one attached hydrogen (secondary N) is 1. The molecule has 0 spiro atoms. The van der Waals surface area contributed by atoms with Crippen LogP contribution in [-0.2, 0) is 25.6 Å². The van der Waals surface area contributed by atoms with Crippen LogP contribution in [0.25, 0.3) is 0 Å². The van der Waals surface area contributed by atoms with E-state index in [1.54, 1.807) is 4.90 Å². The van der Waals surface area contributed by atoms with Crippen molar-refractivity contribution in [1.29, 1.82) is 5.41 Å². The molecule has 0 bridgehead atoms. The van der Waals surface area contributed by atoms with Crippen molar-refractivity contribution < 1.29 is 28.6 Å². The molecule has 9 nitrogen and oxygen atoms in total. The Balaban J connectivity index is 1.26. The number of allylic oxidation sites excluding steroid dienone is 3. The third kappa shape index (κ3) is 5.70. The molecule has 2 fully saturated rings. The van der Waals surface area contributed by atoms with Gasteiger partial charge in [-0.25, -0.2) is 9.59 Å². The number of piperidine rings is 1. The van der Waals surface area contributed by atoms with Crippen molar-refractivity contribution in [1.82, 2.24) is 9.80 Å². The van der Waals surface area contributed by atoms with Crippen molar-refractivity contribution in [3.63, 3.8) is 0 Å². The van der Waals surface area contributed by atoms with Crippen LogP contribution in [0.3, 0.4) is 0 Å². The Kier molecular flexibility index (Phi) is 7.80. The van der Waals surface area contributed by atoms with Gasteiger partial charge in [-0.2, -0.15) is 0 Å². The Bertz CT molecular complexity index is 1060. The molecule has 186 valence electrons. The van der Waals surface area contributed by atoms with Crippen molar-refractivity contribution in [2.24, 2.45) is 0 Å². The van der Waals surface area contributed by atoms with Crippen molar-refractivity contribution in [3.8, 4) is 0 Å². The molecule has 10 heteroatoms. The van der Waals surface area contributed by atoms with Gasteiger partial charge in [0.2, 0.25) is 0 Å². The number of thioether (sulfide) groups is 1. The monoisotopic (exact) mass is 499 g/mol. The van der Waals surface area contributed by atoms with E-state index in [1.165, 1.54) is 16.7 Å². The third-order valence-electron chi connectivity index (χ3n) is 6.30. The average Bonchev–Trinajstić information content (AvgIpc) is 3.25. The van der Waals surface area contributed by atoms with E-state index in [1.807, 2.05) is 49.6 Å². The van der Waals surface area contributed by atoms with Crippen LogP contribution in [-0.4, -0.2) is 71.8 Å². The summed E-state index contributed by atoms with van der Waals surface area (Å²) in [4.78, 5) is 41.6. The molecule has 0 radical (unpaired) electrons. The van der Waals surface area contributed by atoms with E-state index in [9.17, 15) is 14.4 Å². The number of carbonyl (C=O) groups is 3. The minimum atomic E-state index is -0.886. The van der Waals surface area contributed by atoms with Crippen molar-refractivity contribution >= 4 is 35.6 Å². The van der Waals surface area contributed by atoms with Crippen LogP contribution < -0.4 is 0 Å². The van der Waals surface area contributed by atoms with Gasteiger partial charge in [0, 0.05) is 48.7 Å². The highest BCUT2D eigenvalue weighted by Crippen LogP contribution is 2.33. The molecule has 2 heterocycles. The summed E-state index contributed by atoms with van der Waals surface area (Å²) in [5, 5.41) is 8.09. The topological polar surface area (TPSA) is 109 Å². The molecule has 1 N–H and O–H groups in total. The van der Waals surface area contributed by atoms with E-state index >= 15 is 0 Å². The minimum Gasteiger partial charge on any atom is -0.434 e. The Morgan fingerprint density at radius 1 is 1.20 bits per heavy atom. The summed E-state index contributed by atoms with van der Waals surface area (Å²) in [5.74, 6) is -0.248. The van der Waals surface area contributed by atoms with Crippen LogP contribution in [0.1, 0.15) is 31.7 Å². The zero-order valence-corrected chi connectivity index (χ0v) is 20.6. The van der Waals surface area contributed by atoms with E-state index in [0.29, 0.717) is 43.8 Å². The first kappa shape index (κ1) is 24.8. The van der Waals surface area contributed by atoms with Crippen LogP contribution in [0.2, 0.25) is 0 Å². The summed E-state index contributed by atoms with van der Waals surface area (Å²) in [6.07, 6.45) is 2.67. The Labute approximate surface area is 208 Å². The number of ether oxygens (including phenoxy) is 3. The van der Waals surface area contributed by atoms with E-state index in [0.717, 1.165) is 16.0 Å². The Morgan fingerprint density at radius 2 is 1.91 bits per heavy atom. The number of rotatable bonds is 6. The number of benzene rings is 1. The third-order valence-corrected chi connectivity index (χ3v) is 7.26. The first-order chi connectivity index (χ1) is 16.9. The predicted octanol–water partition coefficient (Wildman–Crippen LogP) is 4.10. The normalized spacial score (nSPS) is 21.1. The molecule has 2 saturated heterocycles. The van der Waals surface area contributed by atoms with Gasteiger partial charge in [0.1, 0.15) is 12.7 Å². The lowest BCUT2D eigenvalue weighted by molar-refractivity contribution is -0.140. The summed E-state index contributed by atoms with van der Waals surface area (Å²) < 4.78 is 16.0. The number of likely N-dealkylation sites (tertiary alicyclic amines) is 1. The number of cyclic esters (lactones) is 1. The van der Waals surface area contributed by atoms with Crippen LogP contribution in [0.5, 0.6) is 0 Å². The number of amides is 2. The zero-order chi connectivity index (χ0) is 24.9. The maximum absolute atomic E-state index is 13.0. The molecule has 1 aromatic rings. The second-order valence-electron chi connectivity index (χ2n) is 8.58. The number of nitrogens with zero attached hydrogens (tertiary/aromatic N) is 2. The zero-order valence-electron chi connectivity index (χ0n) is 19.8. The largest absolute Gasteiger partial charge is 0.508 e. The molecular weight excluding hydrogens is 470 g/mol. The second kappa shape index (κ2) is 11.0. The van der Waals surface area contributed by atoms with Crippen LogP contribution in [0, 0.1) is 5.41 Å². The summed E-state index contributed by atoms with van der Waals surface area (Å²) in [5.41, 5.74) is 2.94. The number of hydrogen-bond donors (Lipinski definition) is 1. The summed E-state index contributed by atoms with van der Waals surface area (Å²) >= 11 is 1.48. The molecule has 1 aliphatic carbocycles. The maximum Gasteiger partial charge on any atom is 0.508 e. The van der Waals surface area contributed by atoms with E-state index in [-0.39, 0.29) is 25.2 Å². The van der Waals surface area contributed by atoms with Crippen molar-refractivity contribution in [3.05, 3.63) is 58.1 Å². The Morgan fingerprint density at radius 3 is 2.60 bits per heavy atom. The van der Waals surface area contributed by atoms with Gasteiger partial charge >= 0.3 is 12.2 Å². The fraction of sp³-hybridized carbons (Fsp3) is 0.440. The lowest BCUT2D eigenvalue weighted by Crippen LogP contribution is -2.46. The highest BCUT2D eigenvalue weighted by Gasteiger charge is 2.41. The standard InChI is InChI=1S/C25H29N3O6S/c1-16-20(9-8-19(26)22(16)35-2)28-14-21(34-24(28)30)23(29)27-12-10-18(11-13-27)33-25(31)32-15-17-6-4-3-5-7-17/h3-7,9,18,21,26H,8,10-15H2,1-2H3. The van der Waals surface area contributed by atoms with Gasteiger partial charge in [0.05, 0.1) is 6.54 Å². The fourth-order valence-electron chi connectivity index (χ4n) is 4.45. The van der Waals surface area contributed by atoms with Gasteiger partial charge < -0.3 is 24.5 Å². The highest BCUT2D eigenvalue weighted by molar-refractivity contribution is 8.03. The van der Waals surface area contributed by atoms with Gasteiger partial charge in [0.15, 0.2) is 6.10 Å². The molecule has 2 aliphatic heterocycles. The van der Waals surface area contributed by atoms with Gasteiger partial charge in [-0.1, -0.05) is 36.4 Å². The number of hydrogen-bond acceptors (Lipinski definition) is 8. The first-order valence-electron chi connectivity index (χ1n) is 11.5. The molecule has 35 heavy (non-hydrogen) atoms. The van der Waals surface area contributed by atoms with Crippen molar-refractivity contribution in [2.75, 3.05) is 25.9 Å². The molecule has 0 aromatic heterocycles. The molecule has 4 rings (SSSR count). The molecule has 0 saturated carbocycles. The van der Waals surface area contributed by atoms with E-state index < -0.39 is 18.4 Å². The summed E-state index contributed by atoms with van der Waals surface area (Å²) in [6, 6.07) is 9.36. The van der Waals surface area contributed by atoms with Crippen LogP contribution in [0.4, 0.5) is 9.59 Å². The van der Waals surface area contributed by atoms with Gasteiger partial charge in [0.25, 0.3) is 5.91 Å². The summed E-state index contributed by atoms with van der Waals surface area (Å²) in [6.45, 7) is 2.96. The van der Waals surface area contributed by atoms with Gasteiger partial charge in [-0.05, 0) is 24.3 Å². The van der Waals surface area contributed by atoms with Crippen LogP contribution in [0.15, 0.2) is 52.6 Å². The smallest absolute Gasteiger partial charge is 0.434 e. The highest BCUT2D eigenvalue weighted by atomic mass is 32.2. The average molecular weight is 500 g/mol. The Hall–Kier alpha value is -3.27. The van der Waals surface area contributed by atoms with Crippen LogP contribution >= 0.6 is 11.8 Å². The lowest BCUT2D eigenvalue weighted by atomic mass is 10.0. The molecule has 1 aromatic carbocycles. The van der Waals surface area contributed by atoms with Gasteiger partial charge in [-0.3, -0.25) is 9.69 Å². The molecule has 3 aliphatic rings. The quantitative estimate of drug-likeness (QED) is 0.587. The predicted molar refractivity (Wildman–Crippen MR) is 131 cm³/mol. The fourth-order valence-corrected chi connectivity index (χ4v) is 5.19. The van der Waals surface area contributed by atoms with Crippen molar-refractivity contribution in [2.45, 2.75) is 45.0 Å². The lowest BCUT2D eigenvalue weighted by Gasteiger charge is -2.32.